The highest BCUT2D eigenvalue weighted by atomic mass is 32.1. The van der Waals surface area contributed by atoms with Crippen LogP contribution >= 0.6 is 11.3 Å². The van der Waals surface area contributed by atoms with Crippen molar-refractivity contribution in [3.8, 4) is 22.4 Å². The molecule has 2 aliphatic rings. The maximum atomic E-state index is 4.75. The van der Waals surface area contributed by atoms with E-state index in [0.29, 0.717) is 0 Å². The van der Waals surface area contributed by atoms with Crippen molar-refractivity contribution in [2.75, 3.05) is 13.1 Å². The zero-order valence-electron chi connectivity index (χ0n) is 17.1. The van der Waals surface area contributed by atoms with E-state index in [1.165, 1.54) is 25.7 Å². The maximum absolute atomic E-state index is 4.75. The molecule has 2 heterocycles. The number of thiazole rings is 1. The molecule has 0 saturated heterocycles. The number of hydrogen-bond acceptors (Lipinski definition) is 6. The highest BCUT2D eigenvalue weighted by molar-refractivity contribution is 7.17. The zero-order chi connectivity index (χ0) is 20.1. The lowest BCUT2D eigenvalue weighted by molar-refractivity contribution is 0.567. The van der Waals surface area contributed by atoms with Crippen LogP contribution in [0.15, 0.2) is 34.4 Å². The molecular formula is C23H27N5S. The predicted octanol–water partition coefficient (Wildman–Crippen LogP) is 4.32. The van der Waals surface area contributed by atoms with Gasteiger partial charge in [0.2, 0.25) is 5.96 Å². The quantitative estimate of drug-likeness (QED) is 0.452. The minimum atomic E-state index is 0.733. The highest BCUT2D eigenvalue weighted by Gasteiger charge is 2.14. The van der Waals surface area contributed by atoms with Gasteiger partial charge in [0.15, 0.2) is 0 Å². The van der Waals surface area contributed by atoms with Crippen LogP contribution in [0.1, 0.15) is 55.2 Å². The van der Waals surface area contributed by atoms with Crippen molar-refractivity contribution in [1.82, 2.24) is 15.7 Å². The van der Waals surface area contributed by atoms with Gasteiger partial charge in [0.25, 0.3) is 0 Å². The average Bonchev–Trinajstić information content (AvgIpc) is 3.49. The molecule has 2 aromatic rings. The van der Waals surface area contributed by atoms with Crippen LogP contribution in [0.5, 0.6) is 0 Å². The third-order valence-electron chi connectivity index (χ3n) is 5.36. The Balaban J connectivity index is 1.42. The number of aliphatic imine (C=N–C) groups is 1. The Bertz CT molecular complexity index is 969. The van der Waals surface area contributed by atoms with Gasteiger partial charge in [0, 0.05) is 24.1 Å². The van der Waals surface area contributed by atoms with Gasteiger partial charge >= 0.3 is 0 Å². The smallest absolute Gasteiger partial charge is 0.212 e. The van der Waals surface area contributed by atoms with Crippen molar-refractivity contribution in [2.24, 2.45) is 16.0 Å². The molecule has 5 nitrogen and oxygen atoms in total. The number of nitrogens with zero attached hydrogens (tertiary/aromatic N) is 3. The standard InChI is InChI=1S/C23H27N5S/c1-16-21(17(2)27-28-23-24-14-15-25-23)29-22(26-16)20-12-10-19(11-13-20)9-5-8-18-6-3-4-7-18/h10-13,18H,3-4,6-8,14-15H2,1-2H3,(H2,24,25,28)/b27-17+. The molecule has 0 atom stereocenters. The summed E-state index contributed by atoms with van der Waals surface area (Å²) < 4.78 is 0. The van der Waals surface area contributed by atoms with Gasteiger partial charge in [-0.2, -0.15) is 5.10 Å². The summed E-state index contributed by atoms with van der Waals surface area (Å²) in [7, 11) is 0. The van der Waals surface area contributed by atoms with Gasteiger partial charge in [0.05, 0.1) is 22.8 Å². The van der Waals surface area contributed by atoms with Crippen molar-refractivity contribution in [2.45, 2.75) is 46.0 Å². The summed E-state index contributed by atoms with van der Waals surface area (Å²) in [5.41, 5.74) is 7.10. The second kappa shape index (κ2) is 9.23. The molecule has 1 saturated carbocycles. The molecule has 6 heteroatoms. The van der Waals surface area contributed by atoms with Crippen molar-refractivity contribution in [3.63, 3.8) is 0 Å². The number of guanidine groups is 1. The van der Waals surface area contributed by atoms with Crippen LogP contribution in [0.4, 0.5) is 0 Å². The minimum Gasteiger partial charge on any atom is -0.353 e. The van der Waals surface area contributed by atoms with Crippen LogP contribution in [0, 0.1) is 24.7 Å². The number of hydrazone groups is 1. The van der Waals surface area contributed by atoms with Gasteiger partial charge in [-0.15, -0.1) is 11.3 Å². The maximum Gasteiger partial charge on any atom is 0.212 e. The molecule has 1 aliphatic carbocycles. The molecule has 2 N–H and O–H groups in total. The molecule has 1 aromatic carbocycles. The van der Waals surface area contributed by atoms with E-state index in [9.17, 15) is 0 Å². The van der Waals surface area contributed by atoms with E-state index in [1.54, 1.807) is 11.3 Å². The minimum absolute atomic E-state index is 0.733. The molecule has 0 radical (unpaired) electrons. The SMILES string of the molecule is C/C(=N\NC1=NCCN1)c1sc(-c2ccc(C#CCC3CCCC3)cc2)nc1C. The first-order valence-corrected chi connectivity index (χ1v) is 11.2. The first kappa shape index (κ1) is 19.7. The second-order valence-electron chi connectivity index (χ2n) is 7.63. The summed E-state index contributed by atoms with van der Waals surface area (Å²) in [6.07, 6.45) is 6.49. The Morgan fingerprint density at radius 2 is 2.07 bits per heavy atom. The normalized spacial score (nSPS) is 16.9. The topological polar surface area (TPSA) is 61.7 Å². The van der Waals surface area contributed by atoms with Gasteiger partial charge in [0.1, 0.15) is 5.01 Å². The molecule has 0 unspecified atom stereocenters. The third-order valence-corrected chi connectivity index (χ3v) is 6.67. The van der Waals surface area contributed by atoms with Crippen molar-refractivity contribution < 1.29 is 0 Å². The van der Waals surface area contributed by atoms with E-state index in [1.807, 2.05) is 13.8 Å². The number of aryl methyl sites for hydroxylation is 1. The van der Waals surface area contributed by atoms with E-state index >= 15 is 0 Å². The van der Waals surface area contributed by atoms with Gasteiger partial charge in [-0.05, 0) is 44.7 Å². The summed E-state index contributed by atoms with van der Waals surface area (Å²) in [5, 5.41) is 8.61. The molecule has 0 bridgehead atoms. The van der Waals surface area contributed by atoms with Gasteiger partial charge in [-0.3, -0.25) is 0 Å². The summed E-state index contributed by atoms with van der Waals surface area (Å²) in [4.78, 5) is 10.1. The summed E-state index contributed by atoms with van der Waals surface area (Å²) >= 11 is 1.67. The Morgan fingerprint density at radius 1 is 1.28 bits per heavy atom. The number of aromatic nitrogens is 1. The first-order valence-electron chi connectivity index (χ1n) is 10.3. The van der Waals surface area contributed by atoms with Crippen LogP contribution in [-0.4, -0.2) is 29.7 Å². The van der Waals surface area contributed by atoms with Crippen molar-refractivity contribution in [1.29, 1.82) is 0 Å². The van der Waals surface area contributed by atoms with E-state index in [-0.39, 0.29) is 0 Å². The largest absolute Gasteiger partial charge is 0.353 e. The fourth-order valence-corrected chi connectivity index (χ4v) is 4.74. The molecule has 29 heavy (non-hydrogen) atoms. The third kappa shape index (κ3) is 5.04. The Hall–Kier alpha value is -2.65. The van der Waals surface area contributed by atoms with E-state index in [2.05, 4.69) is 56.9 Å². The summed E-state index contributed by atoms with van der Waals surface area (Å²) in [6, 6.07) is 8.42. The first-order chi connectivity index (χ1) is 14.2. The lowest BCUT2D eigenvalue weighted by atomic mass is 10.0. The molecule has 0 spiro atoms. The van der Waals surface area contributed by atoms with Crippen LogP contribution in [-0.2, 0) is 0 Å². The molecule has 150 valence electrons. The molecule has 4 rings (SSSR count). The number of nitrogens with one attached hydrogen (secondary N) is 2. The fraction of sp³-hybridized carbons (Fsp3) is 0.435. The molecule has 1 fully saturated rings. The van der Waals surface area contributed by atoms with Crippen LogP contribution < -0.4 is 10.7 Å². The van der Waals surface area contributed by atoms with Crippen molar-refractivity contribution in [3.05, 3.63) is 40.4 Å². The monoisotopic (exact) mass is 405 g/mol. The Labute approximate surface area is 176 Å². The number of hydrogen-bond donors (Lipinski definition) is 2. The van der Waals surface area contributed by atoms with Crippen LogP contribution in [0.2, 0.25) is 0 Å². The summed E-state index contributed by atoms with van der Waals surface area (Å²) in [6.45, 7) is 5.68. The lowest BCUT2D eigenvalue weighted by Crippen LogP contribution is -2.30. The van der Waals surface area contributed by atoms with E-state index in [4.69, 9.17) is 4.98 Å². The lowest BCUT2D eigenvalue weighted by Gasteiger charge is -2.02. The molecule has 1 aliphatic heterocycles. The Kier molecular flexibility index (Phi) is 6.26. The van der Waals surface area contributed by atoms with Crippen molar-refractivity contribution >= 4 is 23.0 Å². The van der Waals surface area contributed by atoms with Gasteiger partial charge in [-0.1, -0.05) is 36.8 Å². The number of benzene rings is 1. The molecule has 1 aromatic heterocycles. The van der Waals surface area contributed by atoms with Gasteiger partial charge < -0.3 is 5.32 Å². The van der Waals surface area contributed by atoms with Crippen LogP contribution in [0.3, 0.4) is 0 Å². The van der Waals surface area contributed by atoms with E-state index < -0.39 is 0 Å². The predicted molar refractivity (Wildman–Crippen MR) is 121 cm³/mol. The fourth-order valence-electron chi connectivity index (χ4n) is 3.72. The van der Waals surface area contributed by atoms with Crippen LogP contribution in [0.25, 0.3) is 10.6 Å². The molecule has 0 amide bonds. The number of rotatable bonds is 4. The summed E-state index contributed by atoms with van der Waals surface area (Å²) in [5.74, 6) is 8.23. The van der Waals surface area contributed by atoms with E-state index in [0.717, 1.165) is 63.8 Å². The second-order valence-corrected chi connectivity index (χ2v) is 8.63. The zero-order valence-corrected chi connectivity index (χ0v) is 17.9. The van der Waals surface area contributed by atoms with Gasteiger partial charge in [-0.25, -0.2) is 15.4 Å². The average molecular weight is 406 g/mol. The highest BCUT2D eigenvalue weighted by Crippen LogP contribution is 2.29. The molecular weight excluding hydrogens is 378 g/mol. The Morgan fingerprint density at radius 3 is 2.79 bits per heavy atom.